The molecule has 0 aliphatic rings. The second-order valence-corrected chi connectivity index (χ2v) is 4.90. The maximum absolute atomic E-state index is 10.2. The summed E-state index contributed by atoms with van der Waals surface area (Å²) in [4.78, 5) is 5.07. The third-order valence-corrected chi connectivity index (χ3v) is 3.43. The van der Waals surface area contributed by atoms with Crippen LogP contribution in [0.2, 0.25) is 0 Å². The van der Waals surface area contributed by atoms with Gasteiger partial charge in [-0.05, 0) is 18.6 Å². The predicted molar refractivity (Wildman–Crippen MR) is 68.5 cm³/mol. The van der Waals surface area contributed by atoms with Crippen molar-refractivity contribution >= 4 is 11.3 Å². The van der Waals surface area contributed by atoms with Crippen LogP contribution < -0.4 is 4.74 Å². The molecule has 1 N–H and O–H groups in total. The normalized spacial score (nSPS) is 12.4. The van der Waals surface area contributed by atoms with Crippen LogP contribution in [0.15, 0.2) is 29.9 Å². The van der Waals surface area contributed by atoms with Crippen molar-refractivity contribution in [1.29, 1.82) is 0 Å². The average molecular weight is 249 g/mol. The Morgan fingerprint density at radius 2 is 2.29 bits per heavy atom. The molecule has 90 valence electrons. The maximum atomic E-state index is 10.2. The molecule has 1 aromatic heterocycles. The number of aromatic nitrogens is 1. The van der Waals surface area contributed by atoms with Crippen molar-refractivity contribution in [2.45, 2.75) is 19.4 Å². The van der Waals surface area contributed by atoms with Crippen molar-refractivity contribution in [3.63, 3.8) is 0 Å². The highest BCUT2D eigenvalue weighted by Gasteiger charge is 2.14. The summed E-state index contributed by atoms with van der Waals surface area (Å²) in [5.74, 6) is 0.738. The first kappa shape index (κ1) is 12.1. The van der Waals surface area contributed by atoms with Crippen molar-refractivity contribution < 1.29 is 9.84 Å². The molecule has 0 saturated heterocycles. The highest BCUT2D eigenvalue weighted by molar-refractivity contribution is 7.09. The van der Waals surface area contributed by atoms with E-state index < -0.39 is 6.10 Å². The zero-order valence-electron chi connectivity index (χ0n) is 9.88. The van der Waals surface area contributed by atoms with E-state index in [0.29, 0.717) is 6.42 Å². The lowest BCUT2D eigenvalue weighted by atomic mass is 10.0. The molecule has 0 aliphatic heterocycles. The number of thiazole rings is 1. The summed E-state index contributed by atoms with van der Waals surface area (Å²) in [5.41, 5.74) is 3.72. The molecule has 1 atom stereocenters. The van der Waals surface area contributed by atoms with Crippen LogP contribution in [-0.4, -0.2) is 17.2 Å². The van der Waals surface area contributed by atoms with Crippen molar-refractivity contribution in [2.24, 2.45) is 0 Å². The van der Waals surface area contributed by atoms with E-state index in [-0.39, 0.29) is 0 Å². The first-order chi connectivity index (χ1) is 8.20. The Hall–Kier alpha value is -1.39. The number of hydrogen-bond acceptors (Lipinski definition) is 4. The Balaban J connectivity index is 2.21. The van der Waals surface area contributed by atoms with E-state index in [1.165, 1.54) is 0 Å². The fourth-order valence-electron chi connectivity index (χ4n) is 1.74. The zero-order valence-corrected chi connectivity index (χ0v) is 10.7. The Morgan fingerprint density at radius 3 is 2.94 bits per heavy atom. The van der Waals surface area contributed by atoms with Gasteiger partial charge in [-0.1, -0.05) is 12.1 Å². The number of ether oxygens (including phenoxy) is 1. The van der Waals surface area contributed by atoms with Crippen LogP contribution in [0, 0.1) is 6.92 Å². The van der Waals surface area contributed by atoms with Crippen LogP contribution in [0.25, 0.3) is 0 Å². The smallest absolute Gasteiger partial charge is 0.124 e. The largest absolute Gasteiger partial charge is 0.496 e. The number of aliphatic hydroxyl groups is 1. The topological polar surface area (TPSA) is 42.4 Å². The Morgan fingerprint density at radius 1 is 1.47 bits per heavy atom. The number of nitrogens with zero attached hydrogens (tertiary/aromatic N) is 1. The van der Waals surface area contributed by atoms with Crippen LogP contribution in [0.5, 0.6) is 5.75 Å². The van der Waals surface area contributed by atoms with Gasteiger partial charge in [0.15, 0.2) is 0 Å². The minimum Gasteiger partial charge on any atom is -0.496 e. The van der Waals surface area contributed by atoms with Crippen LogP contribution in [0.4, 0.5) is 0 Å². The summed E-state index contributed by atoms with van der Waals surface area (Å²) >= 11 is 1.55. The van der Waals surface area contributed by atoms with Gasteiger partial charge in [-0.2, -0.15) is 0 Å². The monoisotopic (exact) mass is 249 g/mol. The molecule has 0 saturated carbocycles. The molecular weight excluding hydrogens is 234 g/mol. The van der Waals surface area contributed by atoms with E-state index in [9.17, 15) is 5.11 Å². The summed E-state index contributed by atoms with van der Waals surface area (Å²) < 4.78 is 5.29. The molecule has 3 nitrogen and oxygen atoms in total. The Bertz CT molecular complexity index is 482. The summed E-state index contributed by atoms with van der Waals surface area (Å²) in [6.45, 7) is 2.00. The second kappa shape index (κ2) is 5.29. The summed E-state index contributed by atoms with van der Waals surface area (Å²) in [6, 6.07) is 5.83. The van der Waals surface area contributed by atoms with Gasteiger partial charge in [-0.25, -0.2) is 0 Å². The second-order valence-electron chi connectivity index (χ2n) is 3.93. The molecule has 0 spiro atoms. The molecule has 0 radical (unpaired) electrons. The fourth-order valence-corrected chi connectivity index (χ4v) is 2.37. The van der Waals surface area contributed by atoms with Crippen LogP contribution in [0.1, 0.15) is 22.1 Å². The molecule has 2 aromatic rings. The zero-order chi connectivity index (χ0) is 12.3. The Labute approximate surface area is 105 Å². The van der Waals surface area contributed by atoms with Crippen molar-refractivity contribution in [2.75, 3.05) is 7.11 Å². The molecule has 2 rings (SSSR count). The number of aliphatic hydroxyl groups excluding tert-OH is 1. The van der Waals surface area contributed by atoms with Crippen molar-refractivity contribution in [3.8, 4) is 5.75 Å². The third kappa shape index (κ3) is 2.84. The molecular formula is C13H15NO2S. The maximum Gasteiger partial charge on any atom is 0.124 e. The van der Waals surface area contributed by atoms with Gasteiger partial charge in [0, 0.05) is 23.1 Å². The van der Waals surface area contributed by atoms with Gasteiger partial charge >= 0.3 is 0 Å². The van der Waals surface area contributed by atoms with E-state index >= 15 is 0 Å². The molecule has 0 fully saturated rings. The molecule has 0 amide bonds. The van der Waals surface area contributed by atoms with Gasteiger partial charge in [0.25, 0.3) is 0 Å². The van der Waals surface area contributed by atoms with Crippen molar-refractivity contribution in [3.05, 3.63) is 45.9 Å². The minimum atomic E-state index is -0.550. The molecule has 17 heavy (non-hydrogen) atoms. The first-order valence-corrected chi connectivity index (χ1v) is 6.28. The van der Waals surface area contributed by atoms with Crippen molar-refractivity contribution in [1.82, 2.24) is 4.98 Å². The lowest BCUT2D eigenvalue weighted by Crippen LogP contribution is -2.03. The van der Waals surface area contributed by atoms with Crippen LogP contribution >= 0.6 is 11.3 Å². The van der Waals surface area contributed by atoms with Gasteiger partial charge in [-0.3, -0.25) is 4.98 Å². The number of benzene rings is 1. The third-order valence-electron chi connectivity index (χ3n) is 2.63. The molecule has 1 aromatic carbocycles. The summed E-state index contributed by atoms with van der Waals surface area (Å²) in [5, 5.41) is 10.2. The summed E-state index contributed by atoms with van der Waals surface area (Å²) in [6.07, 6.45) is 1.81. The standard InChI is InChI=1S/C13H15NO2S/c1-9-3-4-11(13(5-9)16-2)12(15)6-10-7-14-8-17-10/h3-5,7-8,12,15H,6H2,1-2H3. The van der Waals surface area contributed by atoms with Gasteiger partial charge in [0.1, 0.15) is 5.75 Å². The molecule has 1 heterocycles. The predicted octanol–water partition coefficient (Wildman–Crippen LogP) is 2.74. The number of rotatable bonds is 4. The number of methoxy groups -OCH3 is 1. The number of hydrogen-bond donors (Lipinski definition) is 1. The average Bonchev–Trinajstić information content (AvgIpc) is 2.81. The van der Waals surface area contributed by atoms with E-state index in [0.717, 1.165) is 21.8 Å². The number of aryl methyl sites for hydroxylation is 1. The highest BCUT2D eigenvalue weighted by atomic mass is 32.1. The van der Waals surface area contributed by atoms with E-state index in [1.54, 1.807) is 30.2 Å². The van der Waals surface area contributed by atoms with Crippen LogP contribution in [0.3, 0.4) is 0 Å². The minimum absolute atomic E-state index is 0.550. The quantitative estimate of drug-likeness (QED) is 0.906. The first-order valence-electron chi connectivity index (χ1n) is 5.40. The SMILES string of the molecule is COc1cc(C)ccc1C(O)Cc1cncs1. The molecule has 0 bridgehead atoms. The van der Waals surface area contributed by atoms with Gasteiger partial charge < -0.3 is 9.84 Å². The van der Waals surface area contributed by atoms with Gasteiger partial charge in [-0.15, -0.1) is 11.3 Å². The van der Waals surface area contributed by atoms with E-state index in [2.05, 4.69) is 4.98 Å². The highest BCUT2D eigenvalue weighted by Crippen LogP contribution is 2.29. The van der Waals surface area contributed by atoms with Crippen LogP contribution in [-0.2, 0) is 6.42 Å². The van der Waals surface area contributed by atoms with Gasteiger partial charge in [0.05, 0.1) is 18.7 Å². The molecule has 0 aliphatic carbocycles. The van der Waals surface area contributed by atoms with Gasteiger partial charge in [0.2, 0.25) is 0 Å². The summed E-state index contributed by atoms with van der Waals surface area (Å²) in [7, 11) is 1.62. The Kier molecular flexibility index (Phi) is 3.76. The lowest BCUT2D eigenvalue weighted by molar-refractivity contribution is 0.175. The molecule has 4 heteroatoms. The van der Waals surface area contributed by atoms with E-state index in [1.807, 2.05) is 25.1 Å². The fraction of sp³-hybridized carbons (Fsp3) is 0.308. The van der Waals surface area contributed by atoms with E-state index in [4.69, 9.17) is 4.74 Å². The lowest BCUT2D eigenvalue weighted by Gasteiger charge is -2.14. The molecule has 1 unspecified atom stereocenters.